The molecule has 0 N–H and O–H groups in total. The van der Waals surface area contributed by atoms with Crippen LogP contribution in [0.4, 0.5) is 0 Å². The molecule has 0 radical (unpaired) electrons. The zero-order valence-electron chi connectivity index (χ0n) is 8.60. The Morgan fingerprint density at radius 3 is 3.00 bits per heavy atom. The van der Waals surface area contributed by atoms with Crippen molar-refractivity contribution in [3.63, 3.8) is 0 Å². The van der Waals surface area contributed by atoms with Gasteiger partial charge in [0.15, 0.2) is 0 Å². The fourth-order valence-corrected chi connectivity index (χ4v) is 2.15. The Labute approximate surface area is 80.5 Å². The standard InChI is InChI=1S/C12H18O/c1-9-4-3-5-12-11(8-9)7-6-10(2)13-12/h8,10H,3-7H2,1-2H3. The van der Waals surface area contributed by atoms with E-state index in [0.717, 1.165) is 6.42 Å². The van der Waals surface area contributed by atoms with E-state index in [9.17, 15) is 0 Å². The second-order valence-corrected chi connectivity index (χ2v) is 4.26. The second kappa shape index (κ2) is 3.57. The molecule has 0 saturated carbocycles. The summed E-state index contributed by atoms with van der Waals surface area (Å²) in [7, 11) is 0. The maximum absolute atomic E-state index is 5.85. The normalized spacial score (nSPS) is 28.8. The van der Waals surface area contributed by atoms with Crippen LogP contribution in [-0.4, -0.2) is 6.10 Å². The predicted octanol–water partition coefficient (Wildman–Crippen LogP) is 3.57. The molecule has 72 valence electrons. The Kier molecular flexibility index (Phi) is 2.43. The third-order valence-electron chi connectivity index (χ3n) is 2.92. The molecule has 13 heavy (non-hydrogen) atoms. The molecule has 0 aromatic carbocycles. The van der Waals surface area contributed by atoms with E-state index in [1.54, 1.807) is 0 Å². The third-order valence-corrected chi connectivity index (χ3v) is 2.92. The van der Waals surface area contributed by atoms with Gasteiger partial charge in [0.25, 0.3) is 0 Å². The van der Waals surface area contributed by atoms with Gasteiger partial charge in [0.05, 0.1) is 11.9 Å². The molecule has 1 heterocycles. The van der Waals surface area contributed by atoms with Gasteiger partial charge in [-0.2, -0.15) is 0 Å². The quantitative estimate of drug-likeness (QED) is 0.551. The molecule has 0 fully saturated rings. The minimum atomic E-state index is 0.436. The minimum absolute atomic E-state index is 0.436. The van der Waals surface area contributed by atoms with Crippen molar-refractivity contribution in [2.24, 2.45) is 0 Å². The average molecular weight is 178 g/mol. The maximum atomic E-state index is 5.85. The van der Waals surface area contributed by atoms with Gasteiger partial charge in [-0.3, -0.25) is 0 Å². The summed E-state index contributed by atoms with van der Waals surface area (Å²) in [5.74, 6) is 1.27. The summed E-state index contributed by atoms with van der Waals surface area (Å²) in [6, 6.07) is 0. The number of hydrogen-bond donors (Lipinski definition) is 0. The molecule has 0 spiro atoms. The van der Waals surface area contributed by atoms with Crippen molar-refractivity contribution in [3.8, 4) is 0 Å². The highest BCUT2D eigenvalue weighted by Crippen LogP contribution is 2.31. The van der Waals surface area contributed by atoms with Gasteiger partial charge in [0, 0.05) is 6.42 Å². The first kappa shape index (κ1) is 8.86. The van der Waals surface area contributed by atoms with Crippen LogP contribution in [-0.2, 0) is 4.74 Å². The Morgan fingerprint density at radius 2 is 2.15 bits per heavy atom. The average Bonchev–Trinajstić information content (AvgIpc) is 2.25. The molecule has 0 amide bonds. The van der Waals surface area contributed by atoms with E-state index in [0.29, 0.717) is 6.10 Å². The summed E-state index contributed by atoms with van der Waals surface area (Å²) < 4.78 is 5.85. The smallest absolute Gasteiger partial charge is 0.0995 e. The van der Waals surface area contributed by atoms with Gasteiger partial charge in [-0.05, 0) is 45.1 Å². The topological polar surface area (TPSA) is 9.23 Å². The summed E-state index contributed by atoms with van der Waals surface area (Å²) in [5.41, 5.74) is 2.98. The lowest BCUT2D eigenvalue weighted by Crippen LogP contribution is -2.14. The fraction of sp³-hybridized carbons (Fsp3) is 0.667. The van der Waals surface area contributed by atoms with Crippen molar-refractivity contribution in [2.45, 2.75) is 52.1 Å². The van der Waals surface area contributed by atoms with Crippen molar-refractivity contribution < 1.29 is 4.74 Å². The SMILES string of the molecule is CC1=CC2=C(CCC1)OC(C)CC2. The molecular formula is C12H18O. The maximum Gasteiger partial charge on any atom is 0.0995 e. The zero-order valence-corrected chi connectivity index (χ0v) is 8.60. The summed E-state index contributed by atoms with van der Waals surface area (Å²) in [6.07, 6.45) is 8.82. The van der Waals surface area contributed by atoms with Crippen LogP contribution in [0.15, 0.2) is 23.0 Å². The highest BCUT2D eigenvalue weighted by Gasteiger charge is 2.19. The molecule has 1 aliphatic heterocycles. The molecular weight excluding hydrogens is 160 g/mol. The first-order valence-electron chi connectivity index (χ1n) is 5.31. The molecule has 0 bridgehead atoms. The van der Waals surface area contributed by atoms with Crippen molar-refractivity contribution in [1.82, 2.24) is 0 Å². The highest BCUT2D eigenvalue weighted by atomic mass is 16.5. The second-order valence-electron chi connectivity index (χ2n) is 4.26. The van der Waals surface area contributed by atoms with Gasteiger partial charge in [-0.1, -0.05) is 11.6 Å². The lowest BCUT2D eigenvalue weighted by molar-refractivity contribution is 0.100. The molecule has 2 aliphatic rings. The first-order chi connectivity index (χ1) is 6.25. The summed E-state index contributed by atoms with van der Waals surface area (Å²) in [4.78, 5) is 0. The van der Waals surface area contributed by atoms with Gasteiger partial charge in [-0.25, -0.2) is 0 Å². The van der Waals surface area contributed by atoms with E-state index < -0.39 is 0 Å². The van der Waals surface area contributed by atoms with E-state index >= 15 is 0 Å². The van der Waals surface area contributed by atoms with Crippen molar-refractivity contribution >= 4 is 0 Å². The van der Waals surface area contributed by atoms with Crippen LogP contribution in [0.5, 0.6) is 0 Å². The molecule has 0 saturated heterocycles. The number of hydrogen-bond acceptors (Lipinski definition) is 1. The van der Waals surface area contributed by atoms with Crippen molar-refractivity contribution in [2.75, 3.05) is 0 Å². The van der Waals surface area contributed by atoms with E-state index in [2.05, 4.69) is 19.9 Å². The Bertz CT molecular complexity index is 260. The van der Waals surface area contributed by atoms with E-state index in [1.165, 1.54) is 42.6 Å². The summed E-state index contributed by atoms with van der Waals surface area (Å²) >= 11 is 0. The molecule has 1 unspecified atom stereocenters. The van der Waals surface area contributed by atoms with Gasteiger partial charge < -0.3 is 4.74 Å². The van der Waals surface area contributed by atoms with Crippen LogP contribution >= 0.6 is 0 Å². The monoisotopic (exact) mass is 178 g/mol. The molecule has 1 heteroatoms. The lowest BCUT2D eigenvalue weighted by Gasteiger charge is -2.24. The van der Waals surface area contributed by atoms with Crippen LogP contribution in [0.25, 0.3) is 0 Å². The Hall–Kier alpha value is -0.720. The molecule has 2 rings (SSSR count). The van der Waals surface area contributed by atoms with Gasteiger partial charge >= 0.3 is 0 Å². The molecule has 1 nitrogen and oxygen atoms in total. The Balaban J connectivity index is 2.23. The molecule has 1 atom stereocenters. The Morgan fingerprint density at radius 1 is 1.31 bits per heavy atom. The first-order valence-corrected chi connectivity index (χ1v) is 5.31. The third kappa shape index (κ3) is 1.96. The van der Waals surface area contributed by atoms with E-state index in [1.807, 2.05) is 0 Å². The van der Waals surface area contributed by atoms with Gasteiger partial charge in [0.2, 0.25) is 0 Å². The number of rotatable bonds is 0. The number of ether oxygens (including phenoxy) is 1. The minimum Gasteiger partial charge on any atom is -0.495 e. The number of allylic oxidation sites excluding steroid dienone is 4. The van der Waals surface area contributed by atoms with Gasteiger partial charge in [0.1, 0.15) is 0 Å². The predicted molar refractivity (Wildman–Crippen MR) is 54.4 cm³/mol. The van der Waals surface area contributed by atoms with Crippen LogP contribution in [0.3, 0.4) is 0 Å². The van der Waals surface area contributed by atoms with Crippen LogP contribution in [0.2, 0.25) is 0 Å². The molecule has 0 aromatic rings. The van der Waals surface area contributed by atoms with Crippen LogP contribution in [0.1, 0.15) is 46.0 Å². The lowest BCUT2D eigenvalue weighted by atomic mass is 10.0. The van der Waals surface area contributed by atoms with Crippen LogP contribution < -0.4 is 0 Å². The van der Waals surface area contributed by atoms with Crippen molar-refractivity contribution in [3.05, 3.63) is 23.0 Å². The molecule has 0 aromatic heterocycles. The fourth-order valence-electron chi connectivity index (χ4n) is 2.15. The highest BCUT2D eigenvalue weighted by molar-refractivity contribution is 5.29. The molecule has 1 aliphatic carbocycles. The van der Waals surface area contributed by atoms with Gasteiger partial charge in [-0.15, -0.1) is 0 Å². The summed E-state index contributed by atoms with van der Waals surface area (Å²) in [6.45, 7) is 4.40. The van der Waals surface area contributed by atoms with Crippen molar-refractivity contribution in [1.29, 1.82) is 0 Å². The van der Waals surface area contributed by atoms with E-state index in [4.69, 9.17) is 4.74 Å². The van der Waals surface area contributed by atoms with E-state index in [-0.39, 0.29) is 0 Å². The summed E-state index contributed by atoms with van der Waals surface area (Å²) in [5, 5.41) is 0. The largest absolute Gasteiger partial charge is 0.495 e. The zero-order chi connectivity index (χ0) is 9.26. The van der Waals surface area contributed by atoms with Crippen LogP contribution in [0, 0.1) is 0 Å².